The smallest absolute Gasteiger partial charge is 0.226 e. The number of carbonyl (C=O) groups is 1. The lowest BCUT2D eigenvalue weighted by Gasteiger charge is -2.29. The number of likely N-dealkylation sites (N-methyl/N-ethyl adjacent to an activating group) is 1. The van der Waals surface area contributed by atoms with Crippen molar-refractivity contribution in [1.82, 2.24) is 15.1 Å². The van der Waals surface area contributed by atoms with E-state index in [1.54, 1.807) is 0 Å². The summed E-state index contributed by atoms with van der Waals surface area (Å²) in [4.78, 5) is 16.3. The van der Waals surface area contributed by atoms with Crippen molar-refractivity contribution in [2.75, 3.05) is 46.3 Å². The number of nitrogens with zero attached hydrogens (tertiary/aromatic N) is 2. The summed E-state index contributed by atoms with van der Waals surface area (Å²) in [7, 11) is 1.90. The molecular formula is C15H23N3O. The van der Waals surface area contributed by atoms with Gasteiger partial charge in [0.05, 0.1) is 6.42 Å². The summed E-state index contributed by atoms with van der Waals surface area (Å²) >= 11 is 0. The van der Waals surface area contributed by atoms with Gasteiger partial charge in [-0.3, -0.25) is 9.69 Å². The van der Waals surface area contributed by atoms with Crippen molar-refractivity contribution in [1.29, 1.82) is 0 Å². The van der Waals surface area contributed by atoms with Crippen LogP contribution in [0.1, 0.15) is 5.56 Å². The fourth-order valence-electron chi connectivity index (χ4n) is 2.26. The van der Waals surface area contributed by atoms with E-state index in [0.717, 1.165) is 44.8 Å². The van der Waals surface area contributed by atoms with E-state index >= 15 is 0 Å². The Morgan fingerprint density at radius 1 is 1.26 bits per heavy atom. The number of nitrogens with one attached hydrogen (secondary N) is 1. The van der Waals surface area contributed by atoms with E-state index in [1.165, 1.54) is 0 Å². The Balaban J connectivity index is 1.73. The van der Waals surface area contributed by atoms with Crippen LogP contribution in [0, 0.1) is 0 Å². The Morgan fingerprint density at radius 3 is 2.63 bits per heavy atom. The van der Waals surface area contributed by atoms with Crippen LogP contribution in [0.3, 0.4) is 0 Å². The first-order valence-electron chi connectivity index (χ1n) is 6.96. The molecule has 0 unspecified atom stereocenters. The number of rotatable bonds is 5. The van der Waals surface area contributed by atoms with Gasteiger partial charge >= 0.3 is 0 Å². The van der Waals surface area contributed by atoms with Gasteiger partial charge in [0.1, 0.15) is 0 Å². The molecule has 1 aliphatic heterocycles. The van der Waals surface area contributed by atoms with Crippen molar-refractivity contribution in [2.45, 2.75) is 6.42 Å². The van der Waals surface area contributed by atoms with Crippen molar-refractivity contribution < 1.29 is 4.79 Å². The number of carbonyl (C=O) groups excluding carboxylic acids is 1. The minimum Gasteiger partial charge on any atom is -0.344 e. The lowest BCUT2D eigenvalue weighted by atomic mass is 10.1. The van der Waals surface area contributed by atoms with E-state index in [2.05, 4.69) is 10.2 Å². The monoisotopic (exact) mass is 261 g/mol. The first-order valence-corrected chi connectivity index (χ1v) is 6.96. The van der Waals surface area contributed by atoms with Gasteiger partial charge in [0, 0.05) is 46.3 Å². The second kappa shape index (κ2) is 7.26. The molecule has 1 aromatic rings. The quantitative estimate of drug-likeness (QED) is 0.843. The number of piperazine rings is 1. The van der Waals surface area contributed by atoms with Crippen molar-refractivity contribution in [3.8, 4) is 0 Å². The number of amides is 1. The molecule has 4 nitrogen and oxygen atoms in total. The molecule has 1 amide bonds. The Labute approximate surface area is 115 Å². The first kappa shape index (κ1) is 14.0. The zero-order valence-corrected chi connectivity index (χ0v) is 11.6. The maximum atomic E-state index is 12.1. The first-order chi connectivity index (χ1) is 9.25. The normalized spacial score (nSPS) is 16.3. The average Bonchev–Trinajstić information content (AvgIpc) is 2.47. The predicted octanol–water partition coefficient (Wildman–Crippen LogP) is 0.593. The molecule has 0 spiro atoms. The van der Waals surface area contributed by atoms with E-state index < -0.39 is 0 Å². The van der Waals surface area contributed by atoms with Gasteiger partial charge in [-0.2, -0.15) is 0 Å². The predicted molar refractivity (Wildman–Crippen MR) is 77.1 cm³/mol. The largest absolute Gasteiger partial charge is 0.344 e. The maximum Gasteiger partial charge on any atom is 0.226 e. The second-order valence-corrected chi connectivity index (χ2v) is 5.07. The minimum absolute atomic E-state index is 0.196. The van der Waals surface area contributed by atoms with Gasteiger partial charge < -0.3 is 10.2 Å². The summed E-state index contributed by atoms with van der Waals surface area (Å²) in [5.41, 5.74) is 1.08. The van der Waals surface area contributed by atoms with Crippen LogP contribution in [-0.4, -0.2) is 62.0 Å². The Morgan fingerprint density at radius 2 is 1.95 bits per heavy atom. The van der Waals surface area contributed by atoms with Gasteiger partial charge in [-0.15, -0.1) is 0 Å². The molecule has 0 bridgehead atoms. The third-order valence-electron chi connectivity index (χ3n) is 3.59. The molecule has 0 aromatic heterocycles. The number of benzene rings is 1. The van der Waals surface area contributed by atoms with E-state index in [9.17, 15) is 4.79 Å². The third-order valence-corrected chi connectivity index (χ3v) is 3.59. The van der Waals surface area contributed by atoms with Crippen molar-refractivity contribution in [2.24, 2.45) is 0 Å². The molecule has 0 saturated carbocycles. The second-order valence-electron chi connectivity index (χ2n) is 5.07. The Kier molecular flexibility index (Phi) is 5.36. The standard InChI is InChI=1S/C15H23N3O/c1-17(11-12-18-9-7-16-8-10-18)15(19)13-14-5-3-2-4-6-14/h2-6,16H,7-13H2,1H3. The molecule has 1 fully saturated rings. The van der Waals surface area contributed by atoms with Gasteiger partial charge in [0.15, 0.2) is 0 Å². The number of hydrogen-bond donors (Lipinski definition) is 1. The molecule has 4 heteroatoms. The van der Waals surface area contributed by atoms with Crippen molar-refractivity contribution in [3.05, 3.63) is 35.9 Å². The highest BCUT2D eigenvalue weighted by atomic mass is 16.2. The van der Waals surface area contributed by atoms with Gasteiger partial charge in [0.2, 0.25) is 5.91 Å². The molecule has 0 atom stereocenters. The molecule has 1 saturated heterocycles. The summed E-state index contributed by atoms with van der Waals surface area (Å²) in [6, 6.07) is 9.93. The fourth-order valence-corrected chi connectivity index (χ4v) is 2.26. The fraction of sp³-hybridized carbons (Fsp3) is 0.533. The molecule has 1 aliphatic rings. The van der Waals surface area contributed by atoms with Crippen molar-refractivity contribution in [3.63, 3.8) is 0 Å². The highest BCUT2D eigenvalue weighted by molar-refractivity contribution is 5.78. The zero-order chi connectivity index (χ0) is 13.5. The summed E-state index contributed by atoms with van der Waals surface area (Å²) in [5.74, 6) is 0.196. The van der Waals surface area contributed by atoms with Crippen LogP contribution in [-0.2, 0) is 11.2 Å². The van der Waals surface area contributed by atoms with E-state index in [-0.39, 0.29) is 5.91 Å². The lowest BCUT2D eigenvalue weighted by Crippen LogP contribution is -2.46. The van der Waals surface area contributed by atoms with Crippen molar-refractivity contribution >= 4 is 5.91 Å². The SMILES string of the molecule is CN(CCN1CCNCC1)C(=O)Cc1ccccc1. The van der Waals surface area contributed by atoms with Crippen LogP contribution in [0.5, 0.6) is 0 Å². The molecule has 1 heterocycles. The minimum atomic E-state index is 0.196. The molecule has 0 aliphatic carbocycles. The highest BCUT2D eigenvalue weighted by Crippen LogP contribution is 2.02. The van der Waals surface area contributed by atoms with Gasteiger partial charge in [-0.05, 0) is 5.56 Å². The van der Waals surface area contributed by atoms with Gasteiger partial charge in [0.25, 0.3) is 0 Å². The van der Waals surface area contributed by atoms with Crippen LogP contribution in [0.25, 0.3) is 0 Å². The van der Waals surface area contributed by atoms with Crippen LogP contribution >= 0.6 is 0 Å². The summed E-state index contributed by atoms with van der Waals surface area (Å²) in [6.45, 7) is 6.06. The topological polar surface area (TPSA) is 35.6 Å². The van der Waals surface area contributed by atoms with Crippen LogP contribution in [0.15, 0.2) is 30.3 Å². The molecule has 104 valence electrons. The Bertz CT molecular complexity index is 388. The molecule has 2 rings (SSSR count). The molecular weight excluding hydrogens is 238 g/mol. The summed E-state index contributed by atoms with van der Waals surface area (Å²) < 4.78 is 0. The lowest BCUT2D eigenvalue weighted by molar-refractivity contribution is -0.129. The molecule has 1 aromatic carbocycles. The summed E-state index contributed by atoms with van der Waals surface area (Å²) in [5, 5.41) is 3.34. The summed E-state index contributed by atoms with van der Waals surface area (Å²) in [6.07, 6.45) is 0.499. The zero-order valence-electron chi connectivity index (χ0n) is 11.6. The highest BCUT2D eigenvalue weighted by Gasteiger charge is 2.13. The number of hydrogen-bond acceptors (Lipinski definition) is 3. The van der Waals surface area contributed by atoms with Gasteiger partial charge in [-0.1, -0.05) is 30.3 Å². The van der Waals surface area contributed by atoms with Crippen LogP contribution in [0.4, 0.5) is 0 Å². The van der Waals surface area contributed by atoms with E-state index in [1.807, 2.05) is 42.3 Å². The molecule has 0 radical (unpaired) electrons. The molecule has 19 heavy (non-hydrogen) atoms. The van der Waals surface area contributed by atoms with Crippen LogP contribution in [0.2, 0.25) is 0 Å². The average molecular weight is 261 g/mol. The van der Waals surface area contributed by atoms with E-state index in [4.69, 9.17) is 0 Å². The van der Waals surface area contributed by atoms with E-state index in [0.29, 0.717) is 6.42 Å². The maximum absolute atomic E-state index is 12.1. The molecule has 1 N–H and O–H groups in total. The van der Waals surface area contributed by atoms with Crippen LogP contribution < -0.4 is 5.32 Å². The van der Waals surface area contributed by atoms with Gasteiger partial charge in [-0.25, -0.2) is 0 Å². The Hall–Kier alpha value is -1.39. The third kappa shape index (κ3) is 4.65.